The second kappa shape index (κ2) is 4.82. The lowest BCUT2D eigenvalue weighted by atomic mass is 10.1. The van der Waals surface area contributed by atoms with Gasteiger partial charge in [0.1, 0.15) is 5.82 Å². The summed E-state index contributed by atoms with van der Waals surface area (Å²) in [5.74, 6) is 0.648. The molecule has 1 saturated heterocycles. The van der Waals surface area contributed by atoms with E-state index in [4.69, 9.17) is 5.73 Å². The summed E-state index contributed by atoms with van der Waals surface area (Å²) in [5, 5.41) is 0.00405. The van der Waals surface area contributed by atoms with Gasteiger partial charge in [0.05, 0.1) is 6.04 Å². The highest BCUT2D eigenvalue weighted by atomic mass is 32.2. The first-order valence-corrected chi connectivity index (χ1v) is 7.42. The number of nitrogens with one attached hydrogen (secondary N) is 1. The van der Waals surface area contributed by atoms with Crippen molar-refractivity contribution in [1.82, 2.24) is 19.2 Å². The molecule has 1 aromatic heterocycles. The minimum atomic E-state index is -3.64. The van der Waals surface area contributed by atoms with Crippen LogP contribution in [0.25, 0.3) is 0 Å². The molecule has 0 radical (unpaired) electrons. The van der Waals surface area contributed by atoms with Crippen LogP contribution in [0.4, 0.5) is 4.79 Å². The molecule has 2 rings (SSSR count). The molecule has 0 aliphatic carbocycles. The molecule has 2 heterocycles. The molecule has 0 aromatic carbocycles. The van der Waals surface area contributed by atoms with Gasteiger partial charge in [0.15, 0.2) is 5.03 Å². The number of amides is 2. The van der Waals surface area contributed by atoms with Crippen molar-refractivity contribution in [3.05, 3.63) is 12.0 Å². The fourth-order valence-electron chi connectivity index (χ4n) is 1.94. The number of rotatable bonds is 4. The van der Waals surface area contributed by atoms with E-state index < -0.39 is 16.1 Å². The van der Waals surface area contributed by atoms with E-state index in [9.17, 15) is 13.2 Å². The molecular weight excluding hydrogens is 270 g/mol. The summed E-state index contributed by atoms with van der Waals surface area (Å²) in [6, 6.07) is -0.842. The molecule has 9 heteroatoms. The van der Waals surface area contributed by atoms with Crippen LogP contribution in [0.2, 0.25) is 0 Å². The molecule has 2 amide bonds. The standard InChI is InChI=1S/C10H17N5O3S/c1-3-14-6-9(12-7(14)2)19(17,18)13-8-4-15(5-8)10(11)16/h6,8,13H,3-5H2,1-2H3,(H2,11,16). The molecule has 106 valence electrons. The maximum Gasteiger partial charge on any atom is 0.314 e. The van der Waals surface area contributed by atoms with Crippen LogP contribution in [0.15, 0.2) is 11.2 Å². The van der Waals surface area contributed by atoms with Crippen LogP contribution < -0.4 is 10.5 Å². The van der Waals surface area contributed by atoms with Gasteiger partial charge in [0, 0.05) is 25.8 Å². The number of aryl methyl sites for hydroxylation is 2. The van der Waals surface area contributed by atoms with E-state index >= 15 is 0 Å². The van der Waals surface area contributed by atoms with Gasteiger partial charge in [0.2, 0.25) is 0 Å². The van der Waals surface area contributed by atoms with Crippen molar-refractivity contribution in [3.8, 4) is 0 Å². The monoisotopic (exact) mass is 287 g/mol. The molecule has 1 aliphatic heterocycles. The highest BCUT2D eigenvalue weighted by Gasteiger charge is 2.33. The number of hydrogen-bond acceptors (Lipinski definition) is 4. The third kappa shape index (κ3) is 2.71. The van der Waals surface area contributed by atoms with Crippen molar-refractivity contribution in [1.29, 1.82) is 0 Å². The third-order valence-electron chi connectivity index (χ3n) is 3.08. The first-order valence-electron chi connectivity index (χ1n) is 5.94. The minimum Gasteiger partial charge on any atom is -0.351 e. The topological polar surface area (TPSA) is 110 Å². The molecule has 0 bridgehead atoms. The SMILES string of the molecule is CCn1cc(S(=O)(=O)NC2CN(C(N)=O)C2)nc1C. The van der Waals surface area contributed by atoms with Crippen LogP contribution in [0.1, 0.15) is 12.7 Å². The first kappa shape index (κ1) is 13.8. The number of nitrogens with two attached hydrogens (primary N) is 1. The van der Waals surface area contributed by atoms with Gasteiger partial charge in [-0.2, -0.15) is 0 Å². The second-order valence-electron chi connectivity index (χ2n) is 4.47. The fourth-order valence-corrected chi connectivity index (χ4v) is 3.17. The number of hydrogen-bond donors (Lipinski definition) is 2. The zero-order valence-corrected chi connectivity index (χ0v) is 11.6. The maximum absolute atomic E-state index is 12.1. The quantitative estimate of drug-likeness (QED) is 0.759. The van der Waals surface area contributed by atoms with Crippen LogP contribution >= 0.6 is 0 Å². The lowest BCUT2D eigenvalue weighted by molar-refractivity contribution is 0.155. The molecule has 0 unspecified atom stereocenters. The normalized spacial score (nSPS) is 16.4. The number of likely N-dealkylation sites (tertiary alicyclic amines) is 1. The molecular formula is C10H17N5O3S. The second-order valence-corrected chi connectivity index (χ2v) is 6.13. The number of urea groups is 1. The van der Waals surface area contributed by atoms with Gasteiger partial charge < -0.3 is 15.2 Å². The summed E-state index contributed by atoms with van der Waals surface area (Å²) in [6.07, 6.45) is 1.50. The fraction of sp³-hybridized carbons (Fsp3) is 0.600. The van der Waals surface area contributed by atoms with E-state index in [0.29, 0.717) is 25.5 Å². The van der Waals surface area contributed by atoms with Crippen molar-refractivity contribution in [2.45, 2.75) is 31.5 Å². The molecule has 1 aromatic rings. The van der Waals surface area contributed by atoms with E-state index in [2.05, 4.69) is 9.71 Å². The summed E-state index contributed by atoms with van der Waals surface area (Å²) < 4.78 is 28.4. The minimum absolute atomic E-state index is 0.00405. The molecule has 8 nitrogen and oxygen atoms in total. The number of carbonyl (C=O) groups is 1. The van der Waals surface area contributed by atoms with E-state index in [1.165, 1.54) is 11.1 Å². The number of primary amides is 1. The van der Waals surface area contributed by atoms with Crippen molar-refractivity contribution in [2.24, 2.45) is 5.73 Å². The molecule has 0 spiro atoms. The van der Waals surface area contributed by atoms with Gasteiger partial charge in [0.25, 0.3) is 10.0 Å². The average Bonchev–Trinajstić information content (AvgIpc) is 2.64. The van der Waals surface area contributed by atoms with E-state index in [1.807, 2.05) is 6.92 Å². The van der Waals surface area contributed by atoms with Gasteiger partial charge in [-0.1, -0.05) is 0 Å². The Hall–Kier alpha value is -1.61. The predicted octanol–water partition coefficient (Wildman–Crippen LogP) is -0.747. The smallest absolute Gasteiger partial charge is 0.314 e. The third-order valence-corrected chi connectivity index (χ3v) is 4.48. The van der Waals surface area contributed by atoms with E-state index in [1.54, 1.807) is 11.5 Å². The summed E-state index contributed by atoms with van der Waals surface area (Å²) in [4.78, 5) is 16.2. The summed E-state index contributed by atoms with van der Waals surface area (Å²) in [7, 11) is -3.64. The lowest BCUT2D eigenvalue weighted by Gasteiger charge is -2.37. The van der Waals surface area contributed by atoms with Crippen molar-refractivity contribution in [2.75, 3.05) is 13.1 Å². The van der Waals surface area contributed by atoms with Crippen LogP contribution in [-0.2, 0) is 16.6 Å². The highest BCUT2D eigenvalue weighted by Crippen LogP contribution is 2.13. The van der Waals surface area contributed by atoms with Gasteiger partial charge in [-0.05, 0) is 13.8 Å². The van der Waals surface area contributed by atoms with Crippen molar-refractivity contribution in [3.63, 3.8) is 0 Å². The molecule has 0 saturated carbocycles. The average molecular weight is 287 g/mol. The molecule has 1 aliphatic rings. The zero-order valence-electron chi connectivity index (χ0n) is 10.8. The van der Waals surface area contributed by atoms with Crippen LogP contribution in [-0.4, -0.2) is 48.0 Å². The Morgan fingerprint density at radius 1 is 1.58 bits per heavy atom. The lowest BCUT2D eigenvalue weighted by Crippen LogP contribution is -2.62. The van der Waals surface area contributed by atoms with Gasteiger partial charge in [-0.15, -0.1) is 0 Å². The molecule has 0 atom stereocenters. The van der Waals surface area contributed by atoms with Gasteiger partial charge >= 0.3 is 6.03 Å². The summed E-state index contributed by atoms with van der Waals surface area (Å²) in [5.41, 5.74) is 5.07. The Morgan fingerprint density at radius 3 is 2.68 bits per heavy atom. The van der Waals surface area contributed by atoms with Gasteiger partial charge in [-0.3, -0.25) is 0 Å². The zero-order chi connectivity index (χ0) is 14.2. The Labute approximate surface area is 111 Å². The number of imidazole rings is 1. The first-order chi connectivity index (χ1) is 8.83. The Morgan fingerprint density at radius 2 is 2.21 bits per heavy atom. The molecule has 19 heavy (non-hydrogen) atoms. The summed E-state index contributed by atoms with van der Waals surface area (Å²) >= 11 is 0. The number of nitrogens with zero attached hydrogens (tertiary/aromatic N) is 3. The van der Waals surface area contributed by atoms with Crippen molar-refractivity contribution < 1.29 is 13.2 Å². The Bertz CT molecular complexity index is 588. The van der Waals surface area contributed by atoms with E-state index in [0.717, 1.165) is 0 Å². The van der Waals surface area contributed by atoms with Crippen LogP contribution in [0, 0.1) is 6.92 Å². The number of sulfonamides is 1. The number of carbonyl (C=O) groups excluding carboxylic acids is 1. The van der Waals surface area contributed by atoms with Gasteiger partial charge in [-0.25, -0.2) is 22.9 Å². The Balaban J connectivity index is 2.05. The van der Waals surface area contributed by atoms with Crippen LogP contribution in [0.3, 0.4) is 0 Å². The Kier molecular flexibility index (Phi) is 3.50. The van der Waals surface area contributed by atoms with E-state index in [-0.39, 0.29) is 11.1 Å². The highest BCUT2D eigenvalue weighted by molar-refractivity contribution is 7.89. The predicted molar refractivity (Wildman–Crippen MR) is 67.9 cm³/mol. The maximum atomic E-state index is 12.1. The van der Waals surface area contributed by atoms with Crippen LogP contribution in [0.5, 0.6) is 0 Å². The largest absolute Gasteiger partial charge is 0.351 e. The molecule has 1 fully saturated rings. The molecule has 3 N–H and O–H groups in total. The number of aromatic nitrogens is 2. The summed E-state index contributed by atoms with van der Waals surface area (Å²) in [6.45, 7) is 4.91. The van der Waals surface area contributed by atoms with Crippen molar-refractivity contribution >= 4 is 16.1 Å².